The first-order chi connectivity index (χ1) is 12.7. The monoisotopic (exact) mass is 399 g/mol. The Hall–Kier alpha value is -2.49. The molecule has 1 fully saturated rings. The number of piperidine rings is 1. The zero-order valence-electron chi connectivity index (χ0n) is 14.6. The molecule has 1 aliphatic rings. The highest BCUT2D eigenvalue weighted by molar-refractivity contribution is 7.92. The number of amides is 2. The van der Waals surface area contributed by atoms with Crippen molar-refractivity contribution in [3.8, 4) is 0 Å². The van der Waals surface area contributed by atoms with Gasteiger partial charge in [-0.05, 0) is 38.0 Å². The van der Waals surface area contributed by atoms with Gasteiger partial charge >= 0.3 is 6.03 Å². The van der Waals surface area contributed by atoms with Crippen LogP contribution in [0.4, 0.5) is 19.4 Å². The Labute approximate surface area is 155 Å². The predicted octanol–water partition coefficient (Wildman–Crippen LogP) is 3.22. The van der Waals surface area contributed by atoms with Crippen molar-refractivity contribution in [2.24, 2.45) is 5.92 Å². The first-order valence-corrected chi connectivity index (χ1v) is 9.85. The van der Waals surface area contributed by atoms with Gasteiger partial charge in [0.25, 0.3) is 0 Å². The number of halogens is 2. The van der Waals surface area contributed by atoms with Crippen molar-refractivity contribution in [3.05, 3.63) is 42.4 Å². The van der Waals surface area contributed by atoms with Gasteiger partial charge in [-0.1, -0.05) is 11.2 Å². The van der Waals surface area contributed by atoms with Crippen LogP contribution in [0.25, 0.3) is 0 Å². The van der Waals surface area contributed by atoms with Crippen molar-refractivity contribution >= 4 is 21.7 Å². The summed E-state index contributed by atoms with van der Waals surface area (Å²) in [4.78, 5) is 13.2. The lowest BCUT2D eigenvalue weighted by Crippen LogP contribution is -2.48. The van der Waals surface area contributed by atoms with Crippen molar-refractivity contribution in [2.75, 3.05) is 18.4 Å². The summed E-state index contributed by atoms with van der Waals surface area (Å²) in [5.41, 5.74) is 0. The number of nitrogens with one attached hydrogen (secondary N) is 1. The average molecular weight is 399 g/mol. The minimum atomic E-state index is -4.39. The number of benzene rings is 1. The van der Waals surface area contributed by atoms with Gasteiger partial charge in [-0.2, -0.15) is 0 Å². The summed E-state index contributed by atoms with van der Waals surface area (Å²) >= 11 is 0. The Bertz CT molecular complexity index is 908. The highest BCUT2D eigenvalue weighted by Crippen LogP contribution is 2.39. The molecule has 1 N–H and O–H groups in total. The molecule has 0 spiro atoms. The number of urea groups is 1. The van der Waals surface area contributed by atoms with Crippen LogP contribution in [0.1, 0.15) is 19.8 Å². The summed E-state index contributed by atoms with van der Waals surface area (Å²) in [6.45, 7) is 1.38. The van der Waals surface area contributed by atoms with E-state index in [1.54, 1.807) is 0 Å². The number of hydrogen-bond donors (Lipinski definition) is 1. The standard InChI is InChI=1S/C17H19F2N3O4S/c1-17(19,27(24,25)14-4-2-3-13(18)11-14)12-5-8-22(9-6-12)16(23)20-15-7-10-26-21-15/h2-4,7,10-12H,5-6,8-9H2,1H3,(H,20,21,23)/t17-/m0/s1. The largest absolute Gasteiger partial charge is 0.363 e. The maximum absolute atomic E-state index is 15.4. The van der Waals surface area contributed by atoms with Crippen molar-refractivity contribution in [1.82, 2.24) is 10.1 Å². The van der Waals surface area contributed by atoms with Gasteiger partial charge in [0.05, 0.1) is 4.90 Å². The minimum Gasteiger partial charge on any atom is -0.363 e. The molecule has 1 aromatic heterocycles. The fourth-order valence-electron chi connectivity index (χ4n) is 3.15. The van der Waals surface area contributed by atoms with E-state index in [1.807, 2.05) is 0 Å². The summed E-state index contributed by atoms with van der Waals surface area (Å²) in [6.07, 6.45) is 1.63. The van der Waals surface area contributed by atoms with E-state index in [4.69, 9.17) is 0 Å². The SMILES string of the molecule is C[C@@](F)(C1CCN(C(=O)Nc2ccon2)CC1)S(=O)(=O)c1cccc(F)c1. The second-order valence-corrected chi connectivity index (χ2v) is 8.80. The van der Waals surface area contributed by atoms with Crippen LogP contribution in [-0.2, 0) is 9.84 Å². The number of alkyl halides is 1. The lowest BCUT2D eigenvalue weighted by molar-refractivity contribution is 0.117. The summed E-state index contributed by atoms with van der Waals surface area (Å²) in [5, 5.41) is 3.54. The first kappa shape index (κ1) is 19.3. The van der Waals surface area contributed by atoms with Crippen LogP contribution in [0.3, 0.4) is 0 Å². The number of carbonyl (C=O) groups is 1. The molecule has 2 amide bonds. The molecule has 10 heteroatoms. The summed E-state index contributed by atoms with van der Waals surface area (Å²) in [5.74, 6) is -1.31. The van der Waals surface area contributed by atoms with E-state index in [0.717, 1.165) is 19.1 Å². The summed E-state index contributed by atoms with van der Waals surface area (Å²) < 4.78 is 58.7. The second kappa shape index (κ2) is 7.26. The van der Waals surface area contributed by atoms with E-state index in [1.165, 1.54) is 29.4 Å². The lowest BCUT2D eigenvalue weighted by Gasteiger charge is -2.37. The van der Waals surface area contributed by atoms with Crippen LogP contribution in [-0.4, -0.2) is 42.6 Å². The Morgan fingerprint density at radius 2 is 2.04 bits per heavy atom. The maximum atomic E-state index is 15.4. The van der Waals surface area contributed by atoms with Crippen molar-refractivity contribution < 1.29 is 26.5 Å². The summed E-state index contributed by atoms with van der Waals surface area (Å²) in [6, 6.07) is 5.38. The van der Waals surface area contributed by atoms with E-state index >= 15 is 4.39 Å². The van der Waals surface area contributed by atoms with Crippen LogP contribution in [0.2, 0.25) is 0 Å². The number of sulfone groups is 1. The van der Waals surface area contributed by atoms with E-state index in [0.29, 0.717) is 0 Å². The van der Waals surface area contributed by atoms with Gasteiger partial charge in [0.15, 0.2) is 5.82 Å². The van der Waals surface area contributed by atoms with E-state index < -0.39 is 37.5 Å². The Balaban J connectivity index is 1.68. The molecule has 0 saturated carbocycles. The Kier molecular flexibility index (Phi) is 5.18. The number of nitrogens with zero attached hydrogens (tertiary/aromatic N) is 2. The molecule has 0 aliphatic carbocycles. The first-order valence-electron chi connectivity index (χ1n) is 8.37. The molecule has 0 unspecified atom stereocenters. The third kappa shape index (κ3) is 3.80. The maximum Gasteiger partial charge on any atom is 0.323 e. The fourth-order valence-corrected chi connectivity index (χ4v) is 4.81. The van der Waals surface area contributed by atoms with Gasteiger partial charge in [0.2, 0.25) is 14.8 Å². The number of hydrogen-bond acceptors (Lipinski definition) is 5. The van der Waals surface area contributed by atoms with Crippen molar-refractivity contribution in [3.63, 3.8) is 0 Å². The smallest absolute Gasteiger partial charge is 0.323 e. The minimum absolute atomic E-state index is 0.160. The molecule has 2 heterocycles. The molecule has 27 heavy (non-hydrogen) atoms. The molecule has 1 atom stereocenters. The molecule has 7 nitrogen and oxygen atoms in total. The molecule has 0 radical (unpaired) electrons. The van der Waals surface area contributed by atoms with Crippen LogP contribution in [0, 0.1) is 11.7 Å². The fraction of sp³-hybridized carbons (Fsp3) is 0.412. The van der Waals surface area contributed by atoms with Crippen LogP contribution in [0.15, 0.2) is 46.0 Å². The zero-order chi connectivity index (χ0) is 19.7. The molecule has 0 bridgehead atoms. The van der Waals surface area contributed by atoms with Gasteiger partial charge < -0.3 is 9.42 Å². The molecular weight excluding hydrogens is 380 g/mol. The average Bonchev–Trinajstić information content (AvgIpc) is 3.14. The number of rotatable bonds is 4. The zero-order valence-corrected chi connectivity index (χ0v) is 15.4. The number of anilines is 1. The van der Waals surface area contributed by atoms with Gasteiger partial charge in [-0.25, -0.2) is 22.0 Å². The lowest BCUT2D eigenvalue weighted by atomic mass is 9.92. The van der Waals surface area contributed by atoms with Crippen LogP contribution < -0.4 is 5.32 Å². The van der Waals surface area contributed by atoms with E-state index in [2.05, 4.69) is 15.0 Å². The van der Waals surface area contributed by atoms with Gasteiger partial charge in [0, 0.05) is 25.1 Å². The second-order valence-electron chi connectivity index (χ2n) is 6.52. The molecule has 3 rings (SSSR count). The Morgan fingerprint density at radius 1 is 1.33 bits per heavy atom. The van der Waals surface area contributed by atoms with Crippen LogP contribution >= 0.6 is 0 Å². The van der Waals surface area contributed by atoms with Crippen LogP contribution in [0.5, 0.6) is 0 Å². The predicted molar refractivity (Wildman–Crippen MR) is 92.9 cm³/mol. The normalized spacial score (nSPS) is 18.1. The molecule has 1 aliphatic heterocycles. The van der Waals surface area contributed by atoms with Gasteiger partial charge in [-0.15, -0.1) is 0 Å². The van der Waals surface area contributed by atoms with Crippen molar-refractivity contribution in [1.29, 1.82) is 0 Å². The van der Waals surface area contributed by atoms with Crippen molar-refractivity contribution in [2.45, 2.75) is 29.7 Å². The van der Waals surface area contributed by atoms with Gasteiger partial charge in [-0.3, -0.25) is 5.32 Å². The van der Waals surface area contributed by atoms with E-state index in [9.17, 15) is 17.6 Å². The van der Waals surface area contributed by atoms with E-state index in [-0.39, 0.29) is 31.7 Å². The number of likely N-dealkylation sites (tertiary alicyclic amines) is 1. The summed E-state index contributed by atoms with van der Waals surface area (Å²) in [7, 11) is -4.39. The molecular formula is C17H19F2N3O4S. The molecule has 1 saturated heterocycles. The Morgan fingerprint density at radius 3 is 2.63 bits per heavy atom. The topological polar surface area (TPSA) is 92.5 Å². The molecule has 146 valence electrons. The highest BCUT2D eigenvalue weighted by Gasteiger charge is 2.48. The molecule has 1 aromatic carbocycles. The number of aromatic nitrogens is 1. The third-order valence-corrected chi connectivity index (χ3v) is 7.07. The highest BCUT2D eigenvalue weighted by atomic mass is 32.2. The quantitative estimate of drug-likeness (QED) is 0.852. The third-order valence-electron chi connectivity index (χ3n) is 4.82. The van der Waals surface area contributed by atoms with Gasteiger partial charge in [0.1, 0.15) is 12.1 Å². The molecule has 2 aromatic rings. The number of carbonyl (C=O) groups excluding carboxylic acids is 1.